The Labute approximate surface area is 81.4 Å². The Balaban J connectivity index is 2.27. The Kier molecular flexibility index (Phi) is 2.00. The first kappa shape index (κ1) is 8.81. The Hall–Kier alpha value is -1.77. The summed E-state index contributed by atoms with van der Waals surface area (Å²) in [6, 6.07) is 0. The number of fused-ring (bicyclic) bond motifs is 1. The number of hydrogen-bond acceptors (Lipinski definition) is 2. The molecule has 0 aromatic heterocycles. The van der Waals surface area contributed by atoms with Gasteiger partial charge >= 0.3 is 5.97 Å². The van der Waals surface area contributed by atoms with E-state index in [9.17, 15) is 9.90 Å². The van der Waals surface area contributed by atoms with E-state index in [1.165, 1.54) is 0 Å². The minimum Gasteiger partial charge on any atom is -0.508 e. The second kappa shape index (κ2) is 3.18. The highest BCUT2D eigenvalue weighted by molar-refractivity contribution is 5.90. The monoisotopic (exact) mass is 190 g/mol. The highest BCUT2D eigenvalue weighted by atomic mass is 16.4. The fourth-order valence-corrected chi connectivity index (χ4v) is 1.67. The first-order valence-electron chi connectivity index (χ1n) is 4.39. The van der Waals surface area contributed by atoms with Crippen molar-refractivity contribution in [3.8, 4) is 0 Å². The maximum absolute atomic E-state index is 10.7. The molecule has 2 aliphatic carbocycles. The summed E-state index contributed by atoms with van der Waals surface area (Å²) < 4.78 is 0. The third kappa shape index (κ3) is 1.48. The van der Waals surface area contributed by atoms with Crippen LogP contribution in [0, 0.1) is 11.8 Å². The van der Waals surface area contributed by atoms with Crippen LogP contribution in [0.3, 0.4) is 0 Å². The summed E-state index contributed by atoms with van der Waals surface area (Å²) >= 11 is 0. The van der Waals surface area contributed by atoms with Crippen molar-refractivity contribution >= 4 is 5.97 Å². The van der Waals surface area contributed by atoms with Crippen molar-refractivity contribution < 1.29 is 15.0 Å². The van der Waals surface area contributed by atoms with E-state index in [1.54, 1.807) is 30.4 Å². The fourth-order valence-electron chi connectivity index (χ4n) is 1.67. The number of carboxylic acid groups (broad SMARTS) is 1. The van der Waals surface area contributed by atoms with Crippen LogP contribution in [0.1, 0.15) is 0 Å². The van der Waals surface area contributed by atoms with Gasteiger partial charge < -0.3 is 10.2 Å². The van der Waals surface area contributed by atoms with Gasteiger partial charge in [0.1, 0.15) is 5.76 Å². The van der Waals surface area contributed by atoms with Crippen molar-refractivity contribution in [2.75, 3.05) is 0 Å². The van der Waals surface area contributed by atoms with Crippen LogP contribution in [0.2, 0.25) is 0 Å². The average Bonchev–Trinajstić information content (AvgIpc) is 2.16. The quantitative estimate of drug-likeness (QED) is 0.663. The fraction of sp³-hybridized carbons (Fsp3) is 0.182. The van der Waals surface area contributed by atoms with Crippen molar-refractivity contribution in [2.45, 2.75) is 0 Å². The first-order chi connectivity index (χ1) is 6.66. The number of aliphatic hydroxyl groups excluding tert-OH is 1. The second-order valence-electron chi connectivity index (χ2n) is 3.39. The molecule has 0 aromatic rings. The lowest BCUT2D eigenvalue weighted by Crippen LogP contribution is -2.15. The molecule has 0 heterocycles. The molecule has 3 nitrogen and oxygen atoms in total. The van der Waals surface area contributed by atoms with E-state index in [1.807, 2.05) is 6.08 Å². The highest BCUT2D eigenvalue weighted by Crippen LogP contribution is 2.29. The predicted octanol–water partition coefficient (Wildman–Crippen LogP) is 1.81. The van der Waals surface area contributed by atoms with Crippen LogP contribution in [-0.2, 0) is 4.79 Å². The summed E-state index contributed by atoms with van der Waals surface area (Å²) in [5.74, 6) is -0.528. The number of hydrogen-bond donors (Lipinski definition) is 2. The van der Waals surface area contributed by atoms with E-state index in [-0.39, 0.29) is 17.6 Å². The van der Waals surface area contributed by atoms with Crippen molar-refractivity contribution in [1.82, 2.24) is 0 Å². The average molecular weight is 190 g/mol. The maximum atomic E-state index is 10.7. The summed E-state index contributed by atoms with van der Waals surface area (Å²) in [6.07, 6.45) is 10.2. The Morgan fingerprint density at radius 3 is 2.50 bits per heavy atom. The molecule has 2 unspecified atom stereocenters. The molecular weight excluding hydrogens is 180 g/mol. The van der Waals surface area contributed by atoms with Crippen molar-refractivity contribution in [3.05, 3.63) is 47.8 Å². The van der Waals surface area contributed by atoms with E-state index in [0.717, 1.165) is 0 Å². The first-order valence-corrected chi connectivity index (χ1v) is 4.39. The molecule has 0 spiro atoms. The van der Waals surface area contributed by atoms with Crippen molar-refractivity contribution in [2.24, 2.45) is 11.8 Å². The predicted molar refractivity (Wildman–Crippen MR) is 51.7 cm³/mol. The smallest absolute Gasteiger partial charge is 0.335 e. The third-order valence-electron chi connectivity index (χ3n) is 2.41. The normalized spacial score (nSPS) is 29.1. The molecule has 0 fully saturated rings. The number of rotatable bonds is 1. The largest absolute Gasteiger partial charge is 0.508 e. The number of aliphatic carboxylic acids is 1. The summed E-state index contributed by atoms with van der Waals surface area (Å²) in [6.45, 7) is 0. The van der Waals surface area contributed by atoms with E-state index in [2.05, 4.69) is 0 Å². The lowest BCUT2D eigenvalue weighted by Gasteiger charge is -2.22. The molecule has 2 atom stereocenters. The zero-order valence-electron chi connectivity index (χ0n) is 7.42. The van der Waals surface area contributed by atoms with Crippen LogP contribution in [0.5, 0.6) is 0 Å². The van der Waals surface area contributed by atoms with Gasteiger partial charge in [0.2, 0.25) is 0 Å². The van der Waals surface area contributed by atoms with Crippen LogP contribution in [0.15, 0.2) is 47.8 Å². The van der Waals surface area contributed by atoms with Gasteiger partial charge in [0.25, 0.3) is 0 Å². The standard InChI is InChI=1S/C11H10O3/c12-10-4-3-7-5-9(11(13)14)2-1-8(7)6-10/h1-8,12H,(H,13,14). The molecule has 0 amide bonds. The molecule has 2 aliphatic rings. The van der Waals surface area contributed by atoms with Gasteiger partial charge in [-0.15, -0.1) is 0 Å². The minimum atomic E-state index is -0.910. The number of aliphatic hydroxyl groups is 1. The Morgan fingerprint density at radius 2 is 1.79 bits per heavy atom. The van der Waals surface area contributed by atoms with E-state index in [4.69, 9.17) is 5.11 Å². The van der Waals surface area contributed by atoms with Gasteiger partial charge in [-0.1, -0.05) is 24.3 Å². The molecule has 0 saturated carbocycles. The molecular formula is C11H10O3. The molecule has 3 heteroatoms. The molecule has 0 radical (unpaired) electrons. The van der Waals surface area contributed by atoms with Crippen LogP contribution in [0.4, 0.5) is 0 Å². The van der Waals surface area contributed by atoms with Gasteiger partial charge in [-0.05, 0) is 12.2 Å². The Bertz CT molecular complexity index is 385. The van der Waals surface area contributed by atoms with Crippen molar-refractivity contribution in [1.29, 1.82) is 0 Å². The molecule has 0 saturated heterocycles. The Morgan fingerprint density at radius 1 is 1.14 bits per heavy atom. The van der Waals surface area contributed by atoms with Gasteiger partial charge in [0, 0.05) is 11.8 Å². The van der Waals surface area contributed by atoms with Crippen LogP contribution < -0.4 is 0 Å². The molecule has 0 aliphatic heterocycles. The van der Waals surface area contributed by atoms with Crippen LogP contribution in [-0.4, -0.2) is 16.2 Å². The van der Waals surface area contributed by atoms with Crippen LogP contribution >= 0.6 is 0 Å². The summed E-state index contributed by atoms with van der Waals surface area (Å²) in [5, 5.41) is 18.0. The third-order valence-corrected chi connectivity index (χ3v) is 2.41. The molecule has 14 heavy (non-hydrogen) atoms. The molecule has 0 bridgehead atoms. The lowest BCUT2D eigenvalue weighted by molar-refractivity contribution is -0.132. The molecule has 2 N–H and O–H groups in total. The molecule has 0 aromatic carbocycles. The molecule has 72 valence electrons. The number of carboxylic acids is 1. The summed E-state index contributed by atoms with van der Waals surface area (Å²) in [5.41, 5.74) is 0.311. The second-order valence-corrected chi connectivity index (χ2v) is 3.39. The van der Waals surface area contributed by atoms with Gasteiger partial charge in [-0.2, -0.15) is 0 Å². The summed E-state index contributed by atoms with van der Waals surface area (Å²) in [4.78, 5) is 10.7. The number of carbonyl (C=O) groups is 1. The minimum absolute atomic E-state index is 0.0574. The van der Waals surface area contributed by atoms with E-state index < -0.39 is 5.97 Å². The van der Waals surface area contributed by atoms with Gasteiger partial charge in [0.15, 0.2) is 0 Å². The van der Waals surface area contributed by atoms with E-state index in [0.29, 0.717) is 5.57 Å². The van der Waals surface area contributed by atoms with Crippen LogP contribution in [0.25, 0.3) is 0 Å². The van der Waals surface area contributed by atoms with Gasteiger partial charge in [-0.25, -0.2) is 4.79 Å². The van der Waals surface area contributed by atoms with Gasteiger partial charge in [0.05, 0.1) is 5.57 Å². The zero-order chi connectivity index (χ0) is 10.1. The summed E-state index contributed by atoms with van der Waals surface area (Å²) in [7, 11) is 0. The molecule has 2 rings (SSSR count). The van der Waals surface area contributed by atoms with E-state index >= 15 is 0 Å². The highest BCUT2D eigenvalue weighted by Gasteiger charge is 2.22. The topological polar surface area (TPSA) is 57.5 Å². The SMILES string of the molecule is O=C(O)C1=CC2C=CC(O)=CC2C=C1. The lowest BCUT2D eigenvalue weighted by atomic mass is 9.82. The number of allylic oxidation sites excluding steroid dienone is 5. The maximum Gasteiger partial charge on any atom is 0.335 e. The van der Waals surface area contributed by atoms with Gasteiger partial charge in [-0.3, -0.25) is 0 Å². The van der Waals surface area contributed by atoms with Crippen molar-refractivity contribution in [3.63, 3.8) is 0 Å². The zero-order valence-corrected chi connectivity index (χ0v) is 7.42.